The van der Waals surface area contributed by atoms with Gasteiger partial charge in [0.05, 0.1) is 61.3 Å². The van der Waals surface area contributed by atoms with E-state index in [9.17, 15) is 9.90 Å². The molecule has 0 spiro atoms. The van der Waals surface area contributed by atoms with Gasteiger partial charge in [-0.3, -0.25) is 4.79 Å². The molecule has 1 N–H and O–H groups in total. The summed E-state index contributed by atoms with van der Waals surface area (Å²) in [5, 5.41) is 10.2. The zero-order valence-electron chi connectivity index (χ0n) is 19.7. The van der Waals surface area contributed by atoms with Crippen LogP contribution in [0.2, 0.25) is 0 Å². The number of hydrogen-bond acceptors (Lipinski definition) is 9. The van der Waals surface area contributed by atoms with Gasteiger partial charge in [0.25, 0.3) is 0 Å². The average Bonchev–Trinajstić information content (AvgIpc) is 3.30. The quantitative estimate of drug-likeness (QED) is 0.534. The van der Waals surface area contributed by atoms with Crippen LogP contribution >= 0.6 is 0 Å². The Hall–Kier alpha value is -3.17. The first-order chi connectivity index (χ1) is 16.0. The van der Waals surface area contributed by atoms with E-state index in [-0.39, 0.29) is 19.0 Å². The fourth-order valence-corrected chi connectivity index (χ4v) is 4.21. The van der Waals surface area contributed by atoms with E-state index < -0.39 is 17.9 Å². The summed E-state index contributed by atoms with van der Waals surface area (Å²) in [4.78, 5) is 13.5. The van der Waals surface area contributed by atoms with E-state index in [0.717, 1.165) is 0 Å². The van der Waals surface area contributed by atoms with E-state index in [1.54, 1.807) is 24.3 Å². The predicted molar refractivity (Wildman–Crippen MR) is 119 cm³/mol. The van der Waals surface area contributed by atoms with Crippen LogP contribution in [0.25, 0.3) is 0 Å². The highest BCUT2D eigenvalue weighted by atomic mass is 16.5. The van der Waals surface area contributed by atoms with Crippen LogP contribution in [0.4, 0.5) is 0 Å². The second-order valence-corrected chi connectivity index (χ2v) is 7.44. The number of hydrogen-bond donors (Lipinski definition) is 1. The van der Waals surface area contributed by atoms with Crippen LogP contribution in [0.5, 0.6) is 34.5 Å². The average molecular weight is 462 g/mol. The van der Waals surface area contributed by atoms with Crippen molar-refractivity contribution >= 4 is 5.78 Å². The van der Waals surface area contributed by atoms with E-state index in [1.165, 1.54) is 42.7 Å². The van der Waals surface area contributed by atoms with Crippen LogP contribution in [0, 0.1) is 11.8 Å². The van der Waals surface area contributed by atoms with Gasteiger partial charge in [-0.25, -0.2) is 0 Å². The van der Waals surface area contributed by atoms with Crippen molar-refractivity contribution in [1.29, 1.82) is 0 Å². The van der Waals surface area contributed by atoms with Gasteiger partial charge in [0, 0.05) is 18.1 Å². The molecule has 3 rings (SSSR count). The molecule has 0 aliphatic carbocycles. The molecule has 1 aliphatic heterocycles. The first-order valence-corrected chi connectivity index (χ1v) is 10.3. The van der Waals surface area contributed by atoms with Gasteiger partial charge in [-0.05, 0) is 29.8 Å². The Bertz CT molecular complexity index is 938. The van der Waals surface area contributed by atoms with Gasteiger partial charge >= 0.3 is 0 Å². The number of aliphatic hydroxyl groups is 1. The monoisotopic (exact) mass is 462 g/mol. The van der Waals surface area contributed by atoms with Crippen LogP contribution in [-0.4, -0.2) is 66.8 Å². The molecule has 1 heterocycles. The molecule has 2 aromatic carbocycles. The molecule has 2 aromatic rings. The van der Waals surface area contributed by atoms with Crippen LogP contribution in [0.1, 0.15) is 22.0 Å². The zero-order chi connectivity index (χ0) is 24.1. The maximum absolute atomic E-state index is 13.5. The number of carbonyl (C=O) groups is 1. The van der Waals surface area contributed by atoms with Crippen molar-refractivity contribution < 1.29 is 43.1 Å². The van der Waals surface area contributed by atoms with Gasteiger partial charge in [-0.1, -0.05) is 0 Å². The Balaban J connectivity index is 1.96. The molecule has 1 aliphatic rings. The maximum Gasteiger partial charge on any atom is 0.203 e. The topological polar surface area (TPSA) is 102 Å². The number of rotatable bonds is 10. The SMILES string of the molecule is COc1cc(C(=O)[C@H]2CO[C@H](c3cc(OC)c(OC)c(OC)c3)[C@@H]2CO)cc(OC)c1OC. The van der Waals surface area contributed by atoms with Gasteiger partial charge in [0.15, 0.2) is 28.8 Å². The highest BCUT2D eigenvalue weighted by Gasteiger charge is 2.43. The smallest absolute Gasteiger partial charge is 0.203 e. The van der Waals surface area contributed by atoms with Crippen LogP contribution in [-0.2, 0) is 4.74 Å². The van der Waals surface area contributed by atoms with Gasteiger partial charge in [-0.2, -0.15) is 0 Å². The molecule has 9 heteroatoms. The van der Waals surface area contributed by atoms with Crippen molar-refractivity contribution in [3.8, 4) is 34.5 Å². The van der Waals surface area contributed by atoms with Crippen molar-refractivity contribution in [1.82, 2.24) is 0 Å². The fourth-order valence-electron chi connectivity index (χ4n) is 4.21. The fraction of sp³-hybridized carbons (Fsp3) is 0.458. The van der Waals surface area contributed by atoms with Crippen molar-refractivity contribution in [2.45, 2.75) is 6.10 Å². The molecule has 180 valence electrons. The Kier molecular flexibility index (Phi) is 7.88. The number of aliphatic hydroxyl groups excluding tert-OH is 1. The summed E-state index contributed by atoms with van der Waals surface area (Å²) in [5.41, 5.74) is 1.09. The number of carbonyl (C=O) groups excluding carboxylic acids is 1. The van der Waals surface area contributed by atoms with Crippen molar-refractivity contribution in [3.63, 3.8) is 0 Å². The van der Waals surface area contributed by atoms with E-state index in [0.29, 0.717) is 45.6 Å². The molecular weight excluding hydrogens is 432 g/mol. The molecule has 0 radical (unpaired) electrons. The minimum atomic E-state index is -0.582. The summed E-state index contributed by atoms with van der Waals surface area (Å²) in [5.74, 6) is 1.27. The molecule has 0 aromatic heterocycles. The molecule has 9 nitrogen and oxygen atoms in total. The Labute approximate surface area is 193 Å². The largest absolute Gasteiger partial charge is 0.493 e. The third-order valence-corrected chi connectivity index (χ3v) is 5.87. The summed E-state index contributed by atoms with van der Waals surface area (Å²) >= 11 is 0. The first kappa shape index (κ1) is 24.5. The van der Waals surface area contributed by atoms with Crippen LogP contribution in [0.15, 0.2) is 24.3 Å². The summed E-state index contributed by atoms with van der Waals surface area (Å²) in [6, 6.07) is 6.73. The van der Waals surface area contributed by atoms with Gasteiger partial charge < -0.3 is 38.3 Å². The molecular formula is C24H30O9. The minimum Gasteiger partial charge on any atom is -0.493 e. The number of ether oxygens (including phenoxy) is 7. The summed E-state index contributed by atoms with van der Waals surface area (Å²) in [7, 11) is 9.04. The molecule has 1 saturated heterocycles. The summed E-state index contributed by atoms with van der Waals surface area (Å²) < 4.78 is 38.3. The molecule has 1 fully saturated rings. The zero-order valence-corrected chi connectivity index (χ0v) is 19.7. The lowest BCUT2D eigenvalue weighted by atomic mass is 9.83. The second kappa shape index (κ2) is 10.6. The van der Waals surface area contributed by atoms with Crippen molar-refractivity contribution in [2.24, 2.45) is 11.8 Å². The summed E-state index contributed by atoms with van der Waals surface area (Å²) in [6.45, 7) is -0.107. The van der Waals surface area contributed by atoms with Crippen LogP contribution in [0.3, 0.4) is 0 Å². The molecule has 3 atom stereocenters. The Morgan fingerprint density at radius 3 is 1.67 bits per heavy atom. The maximum atomic E-state index is 13.5. The number of methoxy groups -OCH3 is 6. The highest BCUT2D eigenvalue weighted by molar-refractivity contribution is 5.99. The van der Waals surface area contributed by atoms with Gasteiger partial charge in [-0.15, -0.1) is 0 Å². The van der Waals surface area contributed by atoms with Crippen molar-refractivity contribution in [3.05, 3.63) is 35.4 Å². The minimum absolute atomic E-state index is 0.141. The third kappa shape index (κ3) is 4.51. The van der Waals surface area contributed by atoms with Crippen molar-refractivity contribution in [2.75, 3.05) is 55.9 Å². The van der Waals surface area contributed by atoms with E-state index in [2.05, 4.69) is 0 Å². The standard InChI is InChI=1S/C24H30O9/c1-27-17-7-13(8-18(28-2)23(17)31-5)21(26)16-12-33-22(15(16)11-25)14-9-19(29-3)24(32-6)20(10-14)30-4/h7-10,15-16,22,25H,11-12H2,1-6H3/t15-,16+,22-/m1/s1. The van der Waals surface area contributed by atoms with E-state index in [4.69, 9.17) is 33.2 Å². The number of ketones is 1. The first-order valence-electron chi connectivity index (χ1n) is 10.3. The second-order valence-electron chi connectivity index (χ2n) is 7.44. The highest BCUT2D eigenvalue weighted by Crippen LogP contribution is 2.46. The summed E-state index contributed by atoms with van der Waals surface area (Å²) in [6.07, 6.45) is -0.542. The predicted octanol–water partition coefficient (Wildman–Crippen LogP) is 2.92. The van der Waals surface area contributed by atoms with E-state index in [1.807, 2.05) is 0 Å². The van der Waals surface area contributed by atoms with Gasteiger partial charge in [0.2, 0.25) is 11.5 Å². The lowest BCUT2D eigenvalue weighted by Gasteiger charge is -2.22. The van der Waals surface area contributed by atoms with E-state index >= 15 is 0 Å². The molecule has 0 saturated carbocycles. The molecule has 0 bridgehead atoms. The molecule has 0 unspecified atom stereocenters. The van der Waals surface area contributed by atoms with Gasteiger partial charge in [0.1, 0.15) is 0 Å². The normalized spacial score (nSPS) is 19.7. The Morgan fingerprint density at radius 2 is 1.27 bits per heavy atom. The lowest BCUT2D eigenvalue weighted by molar-refractivity contribution is 0.0711. The number of benzene rings is 2. The third-order valence-electron chi connectivity index (χ3n) is 5.87. The molecule has 0 amide bonds. The van der Waals surface area contributed by atoms with Crippen LogP contribution < -0.4 is 28.4 Å². The lowest BCUT2D eigenvalue weighted by Crippen LogP contribution is -2.26. The number of Topliss-reactive ketones (excluding diaryl/α,β-unsaturated/α-hetero) is 1. The molecule has 33 heavy (non-hydrogen) atoms. The Morgan fingerprint density at radius 1 is 0.818 bits per heavy atom.